The number of fused-ring (bicyclic) bond motifs is 1. The van der Waals surface area contributed by atoms with E-state index in [1.807, 2.05) is 12.3 Å². The van der Waals surface area contributed by atoms with Gasteiger partial charge >= 0.3 is 0 Å². The van der Waals surface area contributed by atoms with Gasteiger partial charge in [0.05, 0.1) is 18.2 Å². The van der Waals surface area contributed by atoms with Crippen LogP contribution in [0.1, 0.15) is 24.6 Å². The normalized spacial score (nSPS) is 21.9. The SMILES string of the molecule is c1cc2cc(C3CCCN3)ncc2o1. The monoisotopic (exact) mass is 188 g/mol. The van der Waals surface area contributed by atoms with Gasteiger partial charge in [0.1, 0.15) is 0 Å². The first-order valence-electron chi connectivity index (χ1n) is 5.00. The molecule has 0 radical (unpaired) electrons. The molecule has 1 N–H and O–H groups in total. The van der Waals surface area contributed by atoms with E-state index >= 15 is 0 Å². The summed E-state index contributed by atoms with van der Waals surface area (Å²) < 4.78 is 5.25. The van der Waals surface area contributed by atoms with Crippen molar-refractivity contribution >= 4 is 11.0 Å². The number of aromatic nitrogens is 1. The minimum atomic E-state index is 0.439. The van der Waals surface area contributed by atoms with E-state index in [0.29, 0.717) is 6.04 Å². The number of hydrogen-bond acceptors (Lipinski definition) is 3. The van der Waals surface area contributed by atoms with Crippen molar-refractivity contribution in [1.82, 2.24) is 10.3 Å². The lowest BCUT2D eigenvalue weighted by Gasteiger charge is -2.08. The summed E-state index contributed by atoms with van der Waals surface area (Å²) in [4.78, 5) is 4.40. The Morgan fingerprint density at radius 2 is 2.50 bits per heavy atom. The zero-order valence-electron chi connectivity index (χ0n) is 7.86. The van der Waals surface area contributed by atoms with E-state index in [1.165, 1.54) is 12.8 Å². The summed E-state index contributed by atoms with van der Waals surface area (Å²) in [5.74, 6) is 0. The molecule has 3 nitrogen and oxygen atoms in total. The van der Waals surface area contributed by atoms with Gasteiger partial charge in [0.25, 0.3) is 0 Å². The Balaban J connectivity index is 2.04. The highest BCUT2D eigenvalue weighted by molar-refractivity contribution is 5.76. The Hall–Kier alpha value is -1.35. The van der Waals surface area contributed by atoms with E-state index in [4.69, 9.17) is 4.42 Å². The summed E-state index contributed by atoms with van der Waals surface area (Å²) in [6.07, 6.45) is 5.95. The summed E-state index contributed by atoms with van der Waals surface area (Å²) in [5, 5.41) is 4.58. The molecule has 2 aromatic heterocycles. The molecule has 0 aliphatic carbocycles. The van der Waals surface area contributed by atoms with Gasteiger partial charge in [0.15, 0.2) is 5.58 Å². The van der Waals surface area contributed by atoms with E-state index in [2.05, 4.69) is 16.4 Å². The minimum Gasteiger partial charge on any atom is -0.463 e. The standard InChI is InChI=1S/C11H12N2O/c1-2-9(12-4-1)10-6-8-3-5-14-11(8)7-13-10/h3,5-7,9,12H,1-2,4H2. The fourth-order valence-electron chi connectivity index (χ4n) is 2.01. The van der Waals surface area contributed by atoms with Crippen molar-refractivity contribution in [2.24, 2.45) is 0 Å². The van der Waals surface area contributed by atoms with Gasteiger partial charge in [-0.25, -0.2) is 0 Å². The lowest BCUT2D eigenvalue weighted by Crippen LogP contribution is -2.13. The van der Waals surface area contributed by atoms with Gasteiger partial charge in [-0.3, -0.25) is 4.98 Å². The summed E-state index contributed by atoms with van der Waals surface area (Å²) in [5.41, 5.74) is 2.00. The third kappa shape index (κ3) is 1.21. The maximum atomic E-state index is 5.25. The molecule has 1 fully saturated rings. The largest absolute Gasteiger partial charge is 0.463 e. The number of furan rings is 1. The van der Waals surface area contributed by atoms with Crippen LogP contribution in [-0.4, -0.2) is 11.5 Å². The summed E-state index contributed by atoms with van der Waals surface area (Å²) >= 11 is 0. The third-order valence-corrected chi connectivity index (χ3v) is 2.78. The molecule has 1 unspecified atom stereocenters. The fourth-order valence-corrected chi connectivity index (χ4v) is 2.01. The van der Waals surface area contributed by atoms with Crippen LogP contribution in [-0.2, 0) is 0 Å². The molecule has 0 bridgehead atoms. The molecule has 3 heterocycles. The van der Waals surface area contributed by atoms with Crippen LogP contribution in [0.2, 0.25) is 0 Å². The van der Waals surface area contributed by atoms with Gasteiger partial charge in [-0.15, -0.1) is 0 Å². The number of nitrogens with one attached hydrogen (secondary N) is 1. The molecule has 3 rings (SSSR count). The lowest BCUT2D eigenvalue weighted by molar-refractivity contribution is 0.607. The Kier molecular flexibility index (Phi) is 1.77. The van der Waals surface area contributed by atoms with Crippen LogP contribution in [0.5, 0.6) is 0 Å². The maximum Gasteiger partial charge on any atom is 0.152 e. The van der Waals surface area contributed by atoms with Gasteiger partial charge in [0.2, 0.25) is 0 Å². The second kappa shape index (κ2) is 3.10. The first-order chi connectivity index (χ1) is 6.93. The second-order valence-corrected chi connectivity index (χ2v) is 3.72. The van der Waals surface area contributed by atoms with E-state index in [9.17, 15) is 0 Å². The fraction of sp³-hybridized carbons (Fsp3) is 0.364. The predicted octanol–water partition coefficient (Wildman–Crippen LogP) is 2.25. The smallest absolute Gasteiger partial charge is 0.152 e. The van der Waals surface area contributed by atoms with Crippen molar-refractivity contribution < 1.29 is 4.42 Å². The second-order valence-electron chi connectivity index (χ2n) is 3.72. The predicted molar refractivity (Wildman–Crippen MR) is 54.0 cm³/mol. The van der Waals surface area contributed by atoms with Crippen LogP contribution >= 0.6 is 0 Å². The highest BCUT2D eigenvalue weighted by atomic mass is 16.3. The molecule has 1 aliphatic rings. The van der Waals surface area contributed by atoms with E-state index < -0.39 is 0 Å². The molecular weight excluding hydrogens is 176 g/mol. The van der Waals surface area contributed by atoms with Gasteiger partial charge in [-0.05, 0) is 31.5 Å². The lowest BCUT2D eigenvalue weighted by atomic mass is 10.1. The minimum absolute atomic E-state index is 0.439. The quantitative estimate of drug-likeness (QED) is 0.745. The number of pyridine rings is 1. The average molecular weight is 188 g/mol. The Labute approximate surface area is 82.1 Å². The average Bonchev–Trinajstić information content (AvgIpc) is 2.88. The first-order valence-corrected chi connectivity index (χ1v) is 5.00. The molecule has 1 saturated heterocycles. The number of nitrogens with zero attached hydrogens (tertiary/aromatic N) is 1. The molecule has 1 aliphatic heterocycles. The first kappa shape index (κ1) is 8.00. The van der Waals surface area contributed by atoms with Gasteiger partial charge in [0, 0.05) is 11.4 Å². The molecular formula is C11H12N2O. The highest BCUT2D eigenvalue weighted by Gasteiger charge is 2.17. The molecule has 0 aromatic carbocycles. The van der Waals surface area contributed by atoms with Gasteiger partial charge in [-0.2, -0.15) is 0 Å². The van der Waals surface area contributed by atoms with Crippen LogP contribution in [0.4, 0.5) is 0 Å². The van der Waals surface area contributed by atoms with Crippen LogP contribution in [0.3, 0.4) is 0 Å². The van der Waals surface area contributed by atoms with Crippen molar-refractivity contribution in [1.29, 1.82) is 0 Å². The molecule has 2 aromatic rings. The molecule has 72 valence electrons. The Bertz CT molecular complexity index is 443. The van der Waals surface area contributed by atoms with Crippen molar-refractivity contribution in [3.8, 4) is 0 Å². The highest BCUT2D eigenvalue weighted by Crippen LogP contribution is 2.24. The van der Waals surface area contributed by atoms with Crippen LogP contribution < -0.4 is 5.32 Å². The van der Waals surface area contributed by atoms with E-state index in [1.54, 1.807) is 6.26 Å². The molecule has 0 amide bonds. The molecule has 0 saturated carbocycles. The van der Waals surface area contributed by atoms with Crippen LogP contribution in [0.25, 0.3) is 11.0 Å². The molecule has 1 atom stereocenters. The van der Waals surface area contributed by atoms with Crippen LogP contribution in [0, 0.1) is 0 Å². The van der Waals surface area contributed by atoms with Crippen molar-refractivity contribution in [3.05, 3.63) is 30.3 Å². The number of rotatable bonds is 1. The zero-order valence-corrected chi connectivity index (χ0v) is 7.86. The zero-order chi connectivity index (χ0) is 9.38. The Morgan fingerprint density at radius 3 is 3.36 bits per heavy atom. The van der Waals surface area contributed by atoms with Crippen molar-refractivity contribution in [2.75, 3.05) is 6.54 Å². The van der Waals surface area contributed by atoms with Crippen molar-refractivity contribution in [3.63, 3.8) is 0 Å². The molecule has 0 spiro atoms. The topological polar surface area (TPSA) is 38.1 Å². The van der Waals surface area contributed by atoms with Crippen molar-refractivity contribution in [2.45, 2.75) is 18.9 Å². The molecule has 3 heteroatoms. The number of hydrogen-bond donors (Lipinski definition) is 1. The Morgan fingerprint density at radius 1 is 1.50 bits per heavy atom. The van der Waals surface area contributed by atoms with Gasteiger partial charge in [-0.1, -0.05) is 0 Å². The summed E-state index contributed by atoms with van der Waals surface area (Å²) in [7, 11) is 0. The van der Waals surface area contributed by atoms with E-state index in [0.717, 1.165) is 23.2 Å². The third-order valence-electron chi connectivity index (χ3n) is 2.78. The van der Waals surface area contributed by atoms with Gasteiger partial charge < -0.3 is 9.73 Å². The summed E-state index contributed by atoms with van der Waals surface area (Å²) in [6, 6.07) is 4.53. The van der Waals surface area contributed by atoms with Crippen LogP contribution in [0.15, 0.2) is 29.0 Å². The molecule has 14 heavy (non-hydrogen) atoms. The van der Waals surface area contributed by atoms with E-state index in [-0.39, 0.29) is 0 Å². The summed E-state index contributed by atoms with van der Waals surface area (Å²) in [6.45, 7) is 1.11. The maximum absolute atomic E-state index is 5.25.